The molecule has 4 aliphatic rings. The summed E-state index contributed by atoms with van der Waals surface area (Å²) in [6, 6.07) is 4.33. The van der Waals surface area contributed by atoms with Gasteiger partial charge in [0.25, 0.3) is 5.91 Å². The third kappa shape index (κ3) is 3.07. The summed E-state index contributed by atoms with van der Waals surface area (Å²) in [6.07, 6.45) is 5.16. The lowest BCUT2D eigenvalue weighted by molar-refractivity contribution is -0.138. The lowest BCUT2D eigenvalue weighted by Gasteiger charge is -2.24. The van der Waals surface area contributed by atoms with Crippen molar-refractivity contribution in [1.29, 1.82) is 0 Å². The molecule has 10 heteroatoms. The van der Waals surface area contributed by atoms with E-state index in [4.69, 9.17) is 9.72 Å². The Hall–Kier alpha value is -3.56. The van der Waals surface area contributed by atoms with Gasteiger partial charge in [-0.3, -0.25) is 14.6 Å². The van der Waals surface area contributed by atoms with Gasteiger partial charge < -0.3 is 19.3 Å². The normalized spacial score (nSPS) is 24.6. The first-order chi connectivity index (χ1) is 15.9. The highest BCUT2D eigenvalue weighted by Crippen LogP contribution is 2.42. The van der Waals surface area contributed by atoms with Crippen LogP contribution in [0.5, 0.6) is 5.75 Å². The van der Waals surface area contributed by atoms with Crippen LogP contribution in [0.2, 0.25) is 0 Å². The summed E-state index contributed by atoms with van der Waals surface area (Å²) in [7, 11) is 1.52. The number of imide groups is 1. The largest absolute Gasteiger partial charge is 0.491 e. The van der Waals surface area contributed by atoms with E-state index in [0.29, 0.717) is 43.5 Å². The van der Waals surface area contributed by atoms with Gasteiger partial charge in [0.15, 0.2) is 5.82 Å². The molecule has 1 N–H and O–H groups in total. The average molecular weight is 451 g/mol. The third-order valence-corrected chi connectivity index (χ3v) is 7.10. The van der Waals surface area contributed by atoms with Gasteiger partial charge in [0.05, 0.1) is 12.1 Å². The first-order valence-corrected chi connectivity index (χ1v) is 11.4. The zero-order valence-electron chi connectivity index (χ0n) is 18.3. The van der Waals surface area contributed by atoms with E-state index in [9.17, 15) is 19.5 Å². The van der Waals surface area contributed by atoms with Crippen LogP contribution in [0, 0.1) is 5.92 Å². The number of carboxylic acids is 1. The fourth-order valence-corrected chi connectivity index (χ4v) is 5.23. The molecule has 4 heterocycles. The zero-order chi connectivity index (χ0) is 22.9. The monoisotopic (exact) mass is 451 g/mol. The van der Waals surface area contributed by atoms with E-state index >= 15 is 0 Å². The van der Waals surface area contributed by atoms with Crippen molar-refractivity contribution < 1.29 is 24.2 Å². The zero-order valence-corrected chi connectivity index (χ0v) is 18.3. The van der Waals surface area contributed by atoms with Crippen molar-refractivity contribution in [1.82, 2.24) is 14.5 Å². The number of urea groups is 1. The van der Waals surface area contributed by atoms with Crippen LogP contribution in [0.1, 0.15) is 25.7 Å². The maximum atomic E-state index is 12.9. The van der Waals surface area contributed by atoms with Gasteiger partial charge in [0.2, 0.25) is 0 Å². The minimum absolute atomic E-state index is 0.169. The van der Waals surface area contributed by atoms with Crippen molar-refractivity contribution in [2.24, 2.45) is 5.92 Å². The Morgan fingerprint density at radius 1 is 1.18 bits per heavy atom. The van der Waals surface area contributed by atoms with Crippen LogP contribution in [0.25, 0.3) is 11.4 Å². The molecule has 0 radical (unpaired) electrons. The van der Waals surface area contributed by atoms with Crippen molar-refractivity contribution in [2.75, 3.05) is 30.0 Å². The van der Waals surface area contributed by atoms with Crippen LogP contribution in [0.4, 0.5) is 16.3 Å². The number of rotatable bonds is 4. The summed E-state index contributed by atoms with van der Waals surface area (Å²) < 4.78 is 7.95. The van der Waals surface area contributed by atoms with Crippen LogP contribution >= 0.6 is 0 Å². The van der Waals surface area contributed by atoms with Crippen molar-refractivity contribution in [2.45, 2.75) is 44.3 Å². The Morgan fingerprint density at radius 2 is 2.00 bits per heavy atom. The van der Waals surface area contributed by atoms with E-state index in [1.54, 1.807) is 0 Å². The molecule has 2 saturated heterocycles. The van der Waals surface area contributed by atoms with Gasteiger partial charge in [0, 0.05) is 31.5 Å². The number of carboxylic acid groups (broad SMARTS) is 1. The fraction of sp³-hybridized carbons (Fsp3) is 0.478. The van der Waals surface area contributed by atoms with E-state index in [0.717, 1.165) is 30.5 Å². The maximum absolute atomic E-state index is 12.9. The number of amides is 3. The minimum Gasteiger partial charge on any atom is -0.491 e. The smallest absolute Gasteiger partial charge is 0.332 e. The van der Waals surface area contributed by atoms with Crippen molar-refractivity contribution in [3.8, 4) is 17.1 Å². The molecule has 3 fully saturated rings. The van der Waals surface area contributed by atoms with E-state index in [1.165, 1.54) is 16.8 Å². The second-order valence-corrected chi connectivity index (χ2v) is 9.17. The van der Waals surface area contributed by atoms with E-state index in [1.807, 2.05) is 33.9 Å². The SMILES string of the molecule is CN1C(=O)C(C2CC2)N(c2cn3c(n2)-c2ccc(N4CCC[C@H]4C(=O)O)cc2OCC3)C1=O. The number of aliphatic carboxylic acids is 1. The van der Waals surface area contributed by atoms with Crippen LogP contribution in [-0.2, 0) is 16.1 Å². The molecule has 10 nitrogen and oxygen atoms in total. The molecule has 0 bridgehead atoms. The van der Waals surface area contributed by atoms with E-state index in [2.05, 4.69) is 0 Å². The quantitative estimate of drug-likeness (QED) is 0.710. The Labute approximate surface area is 190 Å². The average Bonchev–Trinajstić information content (AvgIpc) is 3.33. The molecular weight excluding hydrogens is 426 g/mol. The summed E-state index contributed by atoms with van der Waals surface area (Å²) in [5.74, 6) is 0.991. The van der Waals surface area contributed by atoms with Crippen LogP contribution in [-0.4, -0.2) is 69.7 Å². The van der Waals surface area contributed by atoms with E-state index in [-0.39, 0.29) is 17.9 Å². The molecule has 6 rings (SSSR count). The number of nitrogens with zero attached hydrogens (tertiary/aromatic N) is 5. The topological polar surface area (TPSA) is 108 Å². The van der Waals surface area contributed by atoms with Gasteiger partial charge in [-0.2, -0.15) is 0 Å². The van der Waals surface area contributed by atoms with Crippen molar-refractivity contribution >= 4 is 29.4 Å². The second-order valence-electron chi connectivity index (χ2n) is 9.17. The summed E-state index contributed by atoms with van der Waals surface area (Å²) in [4.78, 5) is 46.6. The van der Waals surface area contributed by atoms with Crippen LogP contribution < -0.4 is 14.5 Å². The Morgan fingerprint density at radius 3 is 2.76 bits per heavy atom. The third-order valence-electron chi connectivity index (χ3n) is 7.10. The molecule has 3 amide bonds. The van der Waals surface area contributed by atoms with Crippen LogP contribution in [0.3, 0.4) is 0 Å². The highest BCUT2D eigenvalue weighted by molar-refractivity contribution is 6.14. The first-order valence-electron chi connectivity index (χ1n) is 11.4. The lowest BCUT2D eigenvalue weighted by atomic mass is 10.1. The van der Waals surface area contributed by atoms with Crippen molar-refractivity contribution in [3.05, 3.63) is 24.4 Å². The summed E-state index contributed by atoms with van der Waals surface area (Å²) >= 11 is 0. The number of carbonyl (C=O) groups is 3. The number of imidazole rings is 1. The maximum Gasteiger partial charge on any atom is 0.332 e. The summed E-state index contributed by atoms with van der Waals surface area (Å²) in [5, 5.41) is 9.54. The number of carbonyl (C=O) groups excluding carboxylic acids is 2. The Balaban J connectivity index is 1.37. The molecule has 33 heavy (non-hydrogen) atoms. The number of fused-ring (bicyclic) bond motifs is 3. The molecule has 172 valence electrons. The fourth-order valence-electron chi connectivity index (χ4n) is 5.23. The minimum atomic E-state index is -0.816. The van der Waals surface area contributed by atoms with Gasteiger partial charge in [-0.05, 0) is 43.7 Å². The standard InChI is InChI=1S/C23H25N5O5/c1-25-21(29)19(13-4-5-13)28(23(25)32)18-12-26-9-10-33-17-11-14(6-7-15(17)20(26)24-18)27-8-2-3-16(27)22(30)31/h6-7,11-13,16,19H,2-5,8-10H2,1H3,(H,30,31)/t16-,19?/m0/s1. The summed E-state index contributed by atoms with van der Waals surface area (Å²) in [6.45, 7) is 1.66. The highest BCUT2D eigenvalue weighted by Gasteiger charge is 2.52. The number of hydrogen-bond donors (Lipinski definition) is 1. The number of likely N-dealkylation sites (N-methyl/N-ethyl adjacent to an activating group) is 1. The van der Waals surface area contributed by atoms with Gasteiger partial charge in [-0.25, -0.2) is 14.6 Å². The summed E-state index contributed by atoms with van der Waals surface area (Å²) in [5.41, 5.74) is 1.59. The number of ether oxygens (including phenoxy) is 1. The van der Waals surface area contributed by atoms with Crippen LogP contribution in [0.15, 0.2) is 24.4 Å². The van der Waals surface area contributed by atoms with E-state index < -0.39 is 18.1 Å². The molecule has 1 unspecified atom stereocenters. The van der Waals surface area contributed by atoms with Gasteiger partial charge in [0.1, 0.15) is 30.3 Å². The lowest BCUT2D eigenvalue weighted by Crippen LogP contribution is -2.37. The molecule has 1 saturated carbocycles. The van der Waals surface area contributed by atoms with Gasteiger partial charge in [-0.15, -0.1) is 0 Å². The Bertz CT molecular complexity index is 1170. The predicted octanol–water partition coefficient (Wildman–Crippen LogP) is 2.17. The Kier molecular flexibility index (Phi) is 4.40. The molecular formula is C23H25N5O5. The molecule has 2 aromatic rings. The number of anilines is 2. The second kappa shape index (κ2) is 7.23. The highest BCUT2D eigenvalue weighted by atomic mass is 16.5. The first kappa shape index (κ1) is 20.1. The number of aromatic nitrogens is 2. The molecule has 3 aliphatic heterocycles. The molecule has 1 aromatic carbocycles. The molecule has 1 aliphatic carbocycles. The molecule has 2 atom stereocenters. The van der Waals surface area contributed by atoms with Gasteiger partial charge in [-0.1, -0.05) is 0 Å². The number of benzene rings is 1. The molecule has 0 spiro atoms. The van der Waals surface area contributed by atoms with Crippen molar-refractivity contribution in [3.63, 3.8) is 0 Å². The van der Waals surface area contributed by atoms with Gasteiger partial charge >= 0.3 is 12.0 Å². The number of hydrogen-bond acceptors (Lipinski definition) is 6. The molecule has 1 aromatic heterocycles. The predicted molar refractivity (Wildman–Crippen MR) is 118 cm³/mol.